The van der Waals surface area contributed by atoms with E-state index in [1.165, 1.54) is 4.88 Å². The molecule has 2 heterocycles. The van der Waals surface area contributed by atoms with Crippen LogP contribution in [0.15, 0.2) is 21.3 Å². The van der Waals surface area contributed by atoms with Crippen LogP contribution < -0.4 is 5.73 Å². The van der Waals surface area contributed by atoms with E-state index in [0.717, 1.165) is 15.7 Å². The number of hydrogen-bond donors (Lipinski definition) is 1. The molecule has 0 atom stereocenters. The molecular formula is C10H9N3S3. The lowest BCUT2D eigenvalue weighted by molar-refractivity contribution is 1.01. The van der Waals surface area contributed by atoms with Crippen molar-refractivity contribution in [2.75, 3.05) is 6.54 Å². The van der Waals surface area contributed by atoms with Gasteiger partial charge in [-0.05, 0) is 11.4 Å². The van der Waals surface area contributed by atoms with Gasteiger partial charge in [-0.2, -0.15) is 0 Å². The third-order valence-corrected chi connectivity index (χ3v) is 4.73. The Morgan fingerprint density at radius 2 is 2.38 bits per heavy atom. The van der Waals surface area contributed by atoms with Crippen LogP contribution >= 0.6 is 34.4 Å². The van der Waals surface area contributed by atoms with Crippen LogP contribution in [0.1, 0.15) is 10.4 Å². The van der Waals surface area contributed by atoms with Crippen LogP contribution in [-0.4, -0.2) is 16.7 Å². The van der Waals surface area contributed by atoms with E-state index in [-0.39, 0.29) is 0 Å². The Labute approximate surface area is 106 Å². The zero-order valence-electron chi connectivity index (χ0n) is 8.34. The van der Waals surface area contributed by atoms with Gasteiger partial charge in [0.2, 0.25) is 0 Å². The summed E-state index contributed by atoms with van der Waals surface area (Å²) >= 11 is 4.96. The second-order valence-electron chi connectivity index (χ2n) is 2.76. The average molecular weight is 267 g/mol. The molecule has 0 aliphatic rings. The van der Waals surface area contributed by atoms with Gasteiger partial charge >= 0.3 is 0 Å². The van der Waals surface area contributed by atoms with Gasteiger partial charge in [-0.15, -0.1) is 21.5 Å². The minimum absolute atomic E-state index is 0.402. The summed E-state index contributed by atoms with van der Waals surface area (Å²) in [5, 5.41) is 9.84. The largest absolute Gasteiger partial charge is 0.320 e. The monoisotopic (exact) mass is 267 g/mol. The maximum atomic E-state index is 5.35. The molecule has 0 amide bonds. The highest BCUT2D eigenvalue weighted by Crippen LogP contribution is 2.27. The van der Waals surface area contributed by atoms with E-state index in [1.807, 2.05) is 6.07 Å². The predicted octanol–water partition coefficient (Wildman–Crippen LogP) is 2.20. The topological polar surface area (TPSA) is 51.8 Å². The van der Waals surface area contributed by atoms with Crippen molar-refractivity contribution in [1.29, 1.82) is 0 Å². The summed E-state index contributed by atoms with van der Waals surface area (Å²) in [4.78, 5) is 1.26. The molecule has 0 aliphatic carbocycles. The third-order valence-electron chi connectivity index (χ3n) is 1.74. The molecule has 3 nitrogen and oxygen atoms in total. The molecule has 2 rings (SSSR count). The van der Waals surface area contributed by atoms with Gasteiger partial charge in [0, 0.05) is 16.2 Å². The van der Waals surface area contributed by atoms with Crippen LogP contribution in [0.4, 0.5) is 0 Å². The Morgan fingerprint density at radius 3 is 3.12 bits per heavy atom. The summed E-state index contributed by atoms with van der Waals surface area (Å²) in [5.41, 5.74) is 8.17. The second-order valence-corrected chi connectivity index (χ2v) is 5.81. The molecule has 16 heavy (non-hydrogen) atoms. The first-order chi connectivity index (χ1) is 7.90. The van der Waals surface area contributed by atoms with Crippen molar-refractivity contribution in [2.45, 2.75) is 10.1 Å². The van der Waals surface area contributed by atoms with Gasteiger partial charge in [-0.3, -0.25) is 0 Å². The van der Waals surface area contributed by atoms with Gasteiger partial charge in [0.25, 0.3) is 0 Å². The molecular weight excluding hydrogens is 258 g/mol. The van der Waals surface area contributed by atoms with Gasteiger partial charge in [0.1, 0.15) is 5.51 Å². The quantitative estimate of drug-likeness (QED) is 0.684. The zero-order chi connectivity index (χ0) is 11.2. The number of nitrogens with two attached hydrogens (primary N) is 1. The number of aromatic nitrogens is 2. The number of thiophene rings is 1. The number of rotatable bonds is 3. The fourth-order valence-electron chi connectivity index (χ4n) is 1.06. The summed E-state index contributed by atoms with van der Waals surface area (Å²) in [5.74, 6) is 6.84. The minimum Gasteiger partial charge on any atom is -0.320 e. The van der Waals surface area contributed by atoms with Gasteiger partial charge in [0.05, 0.1) is 6.54 Å². The maximum Gasteiger partial charge on any atom is 0.174 e. The van der Waals surface area contributed by atoms with Crippen LogP contribution in [0.25, 0.3) is 0 Å². The van der Waals surface area contributed by atoms with Gasteiger partial charge in [0.15, 0.2) is 4.34 Å². The van der Waals surface area contributed by atoms with Crippen molar-refractivity contribution in [1.82, 2.24) is 10.2 Å². The van der Waals surface area contributed by atoms with Crippen molar-refractivity contribution in [3.63, 3.8) is 0 Å². The van der Waals surface area contributed by atoms with E-state index in [9.17, 15) is 0 Å². The molecule has 0 radical (unpaired) electrons. The Morgan fingerprint density at radius 1 is 1.44 bits per heavy atom. The summed E-state index contributed by atoms with van der Waals surface area (Å²) in [6, 6.07) is 2.03. The minimum atomic E-state index is 0.402. The van der Waals surface area contributed by atoms with Gasteiger partial charge < -0.3 is 5.73 Å². The zero-order valence-corrected chi connectivity index (χ0v) is 10.8. The lowest BCUT2D eigenvalue weighted by Crippen LogP contribution is -1.93. The van der Waals surface area contributed by atoms with Crippen molar-refractivity contribution in [2.24, 2.45) is 5.73 Å². The van der Waals surface area contributed by atoms with E-state index in [1.54, 1.807) is 39.9 Å². The summed E-state index contributed by atoms with van der Waals surface area (Å²) in [6.07, 6.45) is 0. The second kappa shape index (κ2) is 6.01. The summed E-state index contributed by atoms with van der Waals surface area (Å²) < 4.78 is 0.992. The highest BCUT2D eigenvalue weighted by Gasteiger charge is 2.04. The van der Waals surface area contributed by atoms with E-state index >= 15 is 0 Å². The molecule has 6 heteroatoms. The molecule has 2 aromatic rings. The smallest absolute Gasteiger partial charge is 0.174 e. The van der Waals surface area contributed by atoms with Crippen LogP contribution in [0.2, 0.25) is 0 Å². The van der Waals surface area contributed by atoms with E-state index in [2.05, 4.69) is 27.4 Å². The standard InChI is InChI=1S/C10H9N3S3/c11-4-1-2-8-3-5-14-9(8)6-15-10-13-12-7-16-10/h3,5,7H,4,6,11H2. The van der Waals surface area contributed by atoms with Crippen molar-refractivity contribution in [3.05, 3.63) is 27.4 Å². The Bertz CT molecular complexity index is 493. The first-order valence-corrected chi connectivity index (χ1v) is 7.29. The average Bonchev–Trinajstić information content (AvgIpc) is 2.94. The Kier molecular flexibility index (Phi) is 4.36. The molecule has 0 saturated heterocycles. The van der Waals surface area contributed by atoms with E-state index < -0.39 is 0 Å². The maximum absolute atomic E-state index is 5.35. The van der Waals surface area contributed by atoms with Gasteiger partial charge in [-0.25, -0.2) is 0 Å². The van der Waals surface area contributed by atoms with Crippen molar-refractivity contribution in [3.8, 4) is 11.8 Å². The Hall–Kier alpha value is -0.870. The summed E-state index contributed by atoms with van der Waals surface area (Å²) in [7, 11) is 0. The Balaban J connectivity index is 2.01. The van der Waals surface area contributed by atoms with Crippen LogP contribution in [0.5, 0.6) is 0 Å². The van der Waals surface area contributed by atoms with Crippen molar-refractivity contribution >= 4 is 34.4 Å². The number of thioether (sulfide) groups is 1. The number of hydrogen-bond acceptors (Lipinski definition) is 6. The normalized spacial score (nSPS) is 9.81. The molecule has 0 aromatic carbocycles. The predicted molar refractivity (Wildman–Crippen MR) is 69.7 cm³/mol. The SMILES string of the molecule is NCC#Cc1ccsc1CSc1nncs1. The number of nitrogens with zero attached hydrogens (tertiary/aromatic N) is 2. The van der Waals surface area contributed by atoms with Crippen LogP contribution in [0.3, 0.4) is 0 Å². The lowest BCUT2D eigenvalue weighted by atomic mass is 10.3. The van der Waals surface area contributed by atoms with Crippen LogP contribution in [0, 0.1) is 11.8 Å². The molecule has 0 bridgehead atoms. The first kappa shape index (κ1) is 11.6. The fourth-order valence-corrected chi connectivity index (χ4v) is 3.50. The fraction of sp³-hybridized carbons (Fsp3) is 0.200. The molecule has 0 fully saturated rings. The molecule has 0 spiro atoms. The van der Waals surface area contributed by atoms with E-state index in [4.69, 9.17) is 5.73 Å². The molecule has 2 aromatic heterocycles. The molecule has 82 valence electrons. The highest BCUT2D eigenvalue weighted by atomic mass is 32.2. The molecule has 2 N–H and O–H groups in total. The van der Waals surface area contributed by atoms with Crippen molar-refractivity contribution < 1.29 is 0 Å². The highest BCUT2D eigenvalue weighted by molar-refractivity contribution is 8.00. The van der Waals surface area contributed by atoms with Crippen LogP contribution in [-0.2, 0) is 5.75 Å². The lowest BCUT2D eigenvalue weighted by Gasteiger charge is -1.95. The summed E-state index contributed by atoms with van der Waals surface area (Å²) in [6.45, 7) is 0.402. The molecule has 0 unspecified atom stereocenters. The molecule has 0 saturated carbocycles. The first-order valence-electron chi connectivity index (χ1n) is 4.54. The third kappa shape index (κ3) is 3.06. The van der Waals surface area contributed by atoms with Gasteiger partial charge in [-0.1, -0.05) is 34.9 Å². The van der Waals surface area contributed by atoms with E-state index in [0.29, 0.717) is 6.54 Å². The molecule has 0 aliphatic heterocycles.